The van der Waals surface area contributed by atoms with Gasteiger partial charge in [-0.25, -0.2) is 0 Å². The van der Waals surface area contributed by atoms with E-state index >= 15 is 0 Å². The first-order valence-electron chi connectivity index (χ1n) is 8.48. The number of alkyl halides is 2. The van der Waals surface area contributed by atoms with Gasteiger partial charge < -0.3 is 4.74 Å². The van der Waals surface area contributed by atoms with Crippen LogP contribution in [0.4, 0.5) is 8.78 Å². The van der Waals surface area contributed by atoms with Crippen molar-refractivity contribution in [1.29, 1.82) is 0 Å². The molecule has 1 heterocycles. The van der Waals surface area contributed by atoms with Crippen molar-refractivity contribution in [2.24, 2.45) is 0 Å². The second-order valence-electron chi connectivity index (χ2n) is 6.24. The summed E-state index contributed by atoms with van der Waals surface area (Å²) in [5.74, 6) is 0. The van der Waals surface area contributed by atoms with E-state index in [1.807, 2.05) is 24.3 Å². The Kier molecular flexibility index (Phi) is 5.10. The predicted molar refractivity (Wildman–Crippen MR) is 94.0 cm³/mol. The molecular weight excluding hydrogens is 306 g/mol. The van der Waals surface area contributed by atoms with Crippen molar-refractivity contribution in [3.63, 3.8) is 0 Å². The molecule has 3 rings (SSSR count). The fourth-order valence-electron chi connectivity index (χ4n) is 2.87. The number of unbranched alkanes of at least 4 members (excludes halogenated alkanes) is 1. The van der Waals surface area contributed by atoms with Crippen molar-refractivity contribution in [3.8, 4) is 11.1 Å². The van der Waals surface area contributed by atoms with E-state index in [2.05, 4.69) is 35.9 Å². The van der Waals surface area contributed by atoms with Crippen LogP contribution in [0, 0.1) is 0 Å². The van der Waals surface area contributed by atoms with E-state index < -0.39 is 6.11 Å². The average Bonchev–Trinajstić information content (AvgIpc) is 2.61. The molecule has 0 N–H and O–H groups in total. The van der Waals surface area contributed by atoms with Crippen LogP contribution < -0.4 is 0 Å². The number of ether oxygens (including phenoxy) is 1. The summed E-state index contributed by atoms with van der Waals surface area (Å²) < 4.78 is 30.6. The van der Waals surface area contributed by atoms with Gasteiger partial charge in [0.05, 0.1) is 13.0 Å². The van der Waals surface area contributed by atoms with Gasteiger partial charge in [-0.05, 0) is 40.7 Å². The molecule has 1 aliphatic rings. The summed E-state index contributed by atoms with van der Waals surface area (Å²) >= 11 is 0. The highest BCUT2D eigenvalue weighted by molar-refractivity contribution is 5.71. The third kappa shape index (κ3) is 4.09. The molecule has 0 bridgehead atoms. The van der Waals surface area contributed by atoms with Crippen LogP contribution in [0.25, 0.3) is 16.7 Å². The highest BCUT2D eigenvalue weighted by Crippen LogP contribution is 2.31. The maximum Gasteiger partial charge on any atom is 0.359 e. The van der Waals surface area contributed by atoms with Crippen LogP contribution >= 0.6 is 0 Å². The van der Waals surface area contributed by atoms with E-state index in [1.165, 1.54) is 24.0 Å². The molecule has 0 spiro atoms. The first-order chi connectivity index (χ1) is 11.6. The molecular formula is C21H22F2O. The third-order valence-corrected chi connectivity index (χ3v) is 4.39. The molecule has 0 atom stereocenters. The van der Waals surface area contributed by atoms with Crippen molar-refractivity contribution < 1.29 is 13.5 Å². The fraction of sp³-hybridized carbons (Fsp3) is 0.333. The van der Waals surface area contributed by atoms with Gasteiger partial charge in [-0.2, -0.15) is 8.78 Å². The quantitative estimate of drug-likeness (QED) is 0.645. The van der Waals surface area contributed by atoms with Crippen LogP contribution in [-0.2, 0) is 11.2 Å². The Morgan fingerprint density at radius 3 is 2.04 bits per heavy atom. The van der Waals surface area contributed by atoms with Gasteiger partial charge in [-0.3, -0.25) is 0 Å². The summed E-state index contributed by atoms with van der Waals surface area (Å²) in [6.45, 7) is 2.16. The molecule has 2 aromatic carbocycles. The van der Waals surface area contributed by atoms with Gasteiger partial charge in [0, 0.05) is 0 Å². The molecule has 0 fully saturated rings. The smallest absolute Gasteiger partial charge is 0.315 e. The van der Waals surface area contributed by atoms with Crippen LogP contribution in [0.3, 0.4) is 0 Å². The lowest BCUT2D eigenvalue weighted by atomic mass is 9.98. The number of benzene rings is 2. The highest BCUT2D eigenvalue weighted by atomic mass is 19.3. The van der Waals surface area contributed by atoms with Crippen molar-refractivity contribution in [2.45, 2.75) is 38.7 Å². The van der Waals surface area contributed by atoms with Gasteiger partial charge in [0.15, 0.2) is 0 Å². The summed E-state index contributed by atoms with van der Waals surface area (Å²) in [7, 11) is 0. The number of rotatable bonds is 5. The van der Waals surface area contributed by atoms with E-state index in [0.717, 1.165) is 23.1 Å². The zero-order valence-electron chi connectivity index (χ0n) is 13.9. The molecule has 2 aromatic rings. The summed E-state index contributed by atoms with van der Waals surface area (Å²) in [4.78, 5) is 0. The number of hydrogen-bond acceptors (Lipinski definition) is 1. The first kappa shape index (κ1) is 16.8. The molecule has 0 unspecified atom stereocenters. The number of aryl methyl sites for hydroxylation is 1. The highest BCUT2D eigenvalue weighted by Gasteiger charge is 2.32. The molecule has 1 nitrogen and oxygen atoms in total. The van der Waals surface area contributed by atoms with Gasteiger partial charge in [-0.1, -0.05) is 68.0 Å². The Labute approximate surface area is 142 Å². The number of hydrogen-bond donors (Lipinski definition) is 0. The molecule has 0 saturated carbocycles. The maximum atomic E-state index is 13.0. The minimum absolute atomic E-state index is 0.0432. The van der Waals surface area contributed by atoms with Crippen LogP contribution in [0.2, 0.25) is 0 Å². The summed E-state index contributed by atoms with van der Waals surface area (Å²) in [6, 6.07) is 16.6. The van der Waals surface area contributed by atoms with E-state index in [1.54, 1.807) is 6.08 Å². The van der Waals surface area contributed by atoms with Gasteiger partial charge in [0.25, 0.3) is 0 Å². The third-order valence-electron chi connectivity index (χ3n) is 4.39. The molecule has 126 valence electrons. The molecule has 3 heteroatoms. The molecule has 0 aliphatic carbocycles. The van der Waals surface area contributed by atoms with Crippen molar-refractivity contribution >= 4 is 5.57 Å². The second-order valence-corrected chi connectivity index (χ2v) is 6.24. The molecule has 0 radical (unpaired) electrons. The van der Waals surface area contributed by atoms with Gasteiger partial charge >= 0.3 is 6.11 Å². The second kappa shape index (κ2) is 7.27. The minimum atomic E-state index is -3.02. The maximum absolute atomic E-state index is 13.0. The van der Waals surface area contributed by atoms with E-state index in [9.17, 15) is 8.78 Å². The molecule has 0 saturated heterocycles. The largest absolute Gasteiger partial charge is 0.359 e. The average molecular weight is 328 g/mol. The van der Waals surface area contributed by atoms with Crippen molar-refractivity contribution in [1.82, 2.24) is 0 Å². The Morgan fingerprint density at radius 1 is 0.917 bits per heavy atom. The predicted octanol–water partition coefficient (Wildman–Crippen LogP) is 6.09. The van der Waals surface area contributed by atoms with Gasteiger partial charge in [0.2, 0.25) is 0 Å². The van der Waals surface area contributed by atoms with Crippen molar-refractivity contribution in [3.05, 3.63) is 65.7 Å². The normalized spacial score (nSPS) is 16.7. The summed E-state index contributed by atoms with van der Waals surface area (Å²) in [6.07, 6.45) is 1.72. The van der Waals surface area contributed by atoms with Crippen LogP contribution in [0.5, 0.6) is 0 Å². The Morgan fingerprint density at radius 2 is 1.50 bits per heavy atom. The molecule has 24 heavy (non-hydrogen) atoms. The SMILES string of the molecule is CCCCc1ccc(-c2ccc(C3=CCC(F)(F)OC3)cc2)cc1. The molecule has 0 aromatic heterocycles. The lowest BCUT2D eigenvalue weighted by Crippen LogP contribution is -2.24. The topological polar surface area (TPSA) is 9.23 Å². The van der Waals surface area contributed by atoms with E-state index in [4.69, 9.17) is 0 Å². The Bertz CT molecular complexity index is 700. The Balaban J connectivity index is 1.71. The molecule has 1 aliphatic heterocycles. The summed E-state index contributed by atoms with van der Waals surface area (Å²) in [5, 5.41) is 0. The lowest BCUT2D eigenvalue weighted by molar-refractivity contribution is -0.231. The zero-order chi connectivity index (χ0) is 17.0. The zero-order valence-corrected chi connectivity index (χ0v) is 13.9. The van der Waals surface area contributed by atoms with Gasteiger partial charge in [-0.15, -0.1) is 0 Å². The van der Waals surface area contributed by atoms with Crippen LogP contribution in [0.1, 0.15) is 37.3 Å². The standard InChI is InChI=1S/C21H22F2O/c1-2-3-4-16-5-7-17(8-6-16)18-9-11-19(12-10-18)20-13-14-21(22,23)24-15-20/h5-13H,2-4,14-15H2,1H3. The van der Waals surface area contributed by atoms with E-state index in [-0.39, 0.29) is 13.0 Å². The Hall–Kier alpha value is -2.00. The first-order valence-corrected chi connectivity index (χ1v) is 8.48. The van der Waals surface area contributed by atoms with Crippen LogP contribution in [0.15, 0.2) is 54.6 Å². The van der Waals surface area contributed by atoms with Crippen LogP contribution in [-0.4, -0.2) is 12.7 Å². The van der Waals surface area contributed by atoms with Gasteiger partial charge in [0.1, 0.15) is 0 Å². The monoisotopic (exact) mass is 328 g/mol. The minimum Gasteiger partial charge on any atom is -0.315 e. The lowest BCUT2D eigenvalue weighted by Gasteiger charge is -2.22. The molecule has 0 amide bonds. The number of halogens is 2. The van der Waals surface area contributed by atoms with Crippen molar-refractivity contribution in [2.75, 3.05) is 6.61 Å². The van der Waals surface area contributed by atoms with E-state index in [0.29, 0.717) is 0 Å². The fourth-order valence-corrected chi connectivity index (χ4v) is 2.87. The summed E-state index contributed by atoms with van der Waals surface area (Å²) in [5.41, 5.74) is 5.42.